The third-order valence-corrected chi connectivity index (χ3v) is 2.92. The molecule has 0 aliphatic rings. The lowest BCUT2D eigenvalue weighted by atomic mass is 10.1. The molecule has 0 rings (SSSR count). The van der Waals surface area contributed by atoms with Crippen molar-refractivity contribution < 1.29 is 4.74 Å². The first-order valence-electron chi connectivity index (χ1n) is 7.22. The number of halogens is 1. The summed E-state index contributed by atoms with van der Waals surface area (Å²) in [5.74, 6) is 1.63. The minimum atomic E-state index is 0. The SMILES string of the molecule is CN=C(NCCCN(C)CCOC)NCCC(C)C.I. The number of nitrogens with zero attached hydrogens (tertiary/aromatic N) is 2. The van der Waals surface area contributed by atoms with E-state index in [1.165, 1.54) is 6.42 Å². The van der Waals surface area contributed by atoms with Crippen molar-refractivity contribution in [1.82, 2.24) is 15.5 Å². The fourth-order valence-electron chi connectivity index (χ4n) is 1.61. The number of guanidine groups is 1. The normalized spacial score (nSPS) is 11.7. The first-order valence-corrected chi connectivity index (χ1v) is 7.22. The Bertz CT molecular complexity index is 237. The third-order valence-electron chi connectivity index (χ3n) is 2.92. The van der Waals surface area contributed by atoms with E-state index in [4.69, 9.17) is 4.74 Å². The van der Waals surface area contributed by atoms with Crippen LogP contribution >= 0.6 is 24.0 Å². The average Bonchev–Trinajstić information content (AvgIpc) is 2.38. The quantitative estimate of drug-likeness (QED) is 0.254. The zero-order chi connectivity index (χ0) is 14.5. The van der Waals surface area contributed by atoms with Crippen LogP contribution in [0.5, 0.6) is 0 Å². The van der Waals surface area contributed by atoms with Gasteiger partial charge < -0.3 is 20.3 Å². The van der Waals surface area contributed by atoms with Crippen LogP contribution < -0.4 is 10.6 Å². The van der Waals surface area contributed by atoms with Crippen LogP contribution in [0.1, 0.15) is 26.7 Å². The number of aliphatic imine (C=N–C) groups is 1. The second-order valence-corrected chi connectivity index (χ2v) is 5.26. The van der Waals surface area contributed by atoms with Gasteiger partial charge in [-0.1, -0.05) is 13.8 Å². The van der Waals surface area contributed by atoms with Gasteiger partial charge in [0.05, 0.1) is 6.61 Å². The fourth-order valence-corrected chi connectivity index (χ4v) is 1.61. The van der Waals surface area contributed by atoms with Crippen LogP contribution in [0.25, 0.3) is 0 Å². The van der Waals surface area contributed by atoms with E-state index in [1.54, 1.807) is 7.11 Å². The molecule has 0 aliphatic heterocycles. The molecule has 0 atom stereocenters. The smallest absolute Gasteiger partial charge is 0.190 e. The van der Waals surface area contributed by atoms with Crippen LogP contribution in [-0.4, -0.2) is 64.9 Å². The van der Waals surface area contributed by atoms with Gasteiger partial charge in [0.15, 0.2) is 5.96 Å². The van der Waals surface area contributed by atoms with Crippen LogP contribution in [0, 0.1) is 5.92 Å². The Labute approximate surface area is 141 Å². The van der Waals surface area contributed by atoms with E-state index in [0.717, 1.165) is 51.1 Å². The second kappa shape index (κ2) is 15.3. The molecule has 122 valence electrons. The highest BCUT2D eigenvalue weighted by molar-refractivity contribution is 14.0. The van der Waals surface area contributed by atoms with Crippen molar-refractivity contribution in [2.75, 3.05) is 54.0 Å². The number of likely N-dealkylation sites (N-methyl/N-ethyl adjacent to an activating group) is 1. The van der Waals surface area contributed by atoms with Crippen molar-refractivity contribution in [1.29, 1.82) is 0 Å². The van der Waals surface area contributed by atoms with Gasteiger partial charge in [0.2, 0.25) is 0 Å². The van der Waals surface area contributed by atoms with Crippen molar-refractivity contribution in [3.63, 3.8) is 0 Å². The first kappa shape index (κ1) is 22.2. The molecule has 0 aromatic carbocycles. The van der Waals surface area contributed by atoms with Crippen molar-refractivity contribution in [3.05, 3.63) is 0 Å². The van der Waals surface area contributed by atoms with Crippen molar-refractivity contribution in [2.45, 2.75) is 26.7 Å². The topological polar surface area (TPSA) is 48.9 Å². The number of rotatable bonds is 10. The second-order valence-electron chi connectivity index (χ2n) is 5.26. The Kier molecular flexibility index (Phi) is 17.0. The standard InChI is InChI=1S/C14H32N4O.HI/c1-13(2)7-9-17-14(15-3)16-8-6-10-18(4)11-12-19-5;/h13H,6-12H2,1-5H3,(H2,15,16,17);1H. The van der Waals surface area contributed by atoms with E-state index in [9.17, 15) is 0 Å². The third kappa shape index (κ3) is 14.3. The van der Waals surface area contributed by atoms with Crippen LogP contribution in [0.15, 0.2) is 4.99 Å². The van der Waals surface area contributed by atoms with Crippen LogP contribution in [0.3, 0.4) is 0 Å². The van der Waals surface area contributed by atoms with Gasteiger partial charge in [-0.3, -0.25) is 4.99 Å². The maximum atomic E-state index is 5.05. The summed E-state index contributed by atoms with van der Waals surface area (Å²) in [5.41, 5.74) is 0. The van der Waals surface area contributed by atoms with Gasteiger partial charge in [-0.2, -0.15) is 0 Å². The molecule has 0 aliphatic carbocycles. The van der Waals surface area contributed by atoms with Gasteiger partial charge in [0.25, 0.3) is 0 Å². The lowest BCUT2D eigenvalue weighted by Crippen LogP contribution is -2.39. The molecule has 5 nitrogen and oxygen atoms in total. The Morgan fingerprint density at radius 3 is 2.40 bits per heavy atom. The van der Waals surface area contributed by atoms with E-state index in [2.05, 4.69) is 41.4 Å². The summed E-state index contributed by atoms with van der Waals surface area (Å²) in [6.07, 6.45) is 2.27. The Morgan fingerprint density at radius 1 is 1.20 bits per heavy atom. The molecule has 0 unspecified atom stereocenters. The summed E-state index contributed by atoms with van der Waals surface area (Å²) in [4.78, 5) is 6.49. The highest BCUT2D eigenvalue weighted by Crippen LogP contribution is 1.96. The monoisotopic (exact) mass is 400 g/mol. The minimum Gasteiger partial charge on any atom is -0.383 e. The zero-order valence-corrected chi connectivity index (χ0v) is 16.1. The summed E-state index contributed by atoms with van der Waals surface area (Å²) in [6, 6.07) is 0. The molecule has 0 fully saturated rings. The van der Waals surface area contributed by atoms with Gasteiger partial charge in [-0.15, -0.1) is 24.0 Å². The van der Waals surface area contributed by atoms with Crippen molar-refractivity contribution in [2.24, 2.45) is 10.9 Å². The number of hydrogen-bond donors (Lipinski definition) is 2. The van der Waals surface area contributed by atoms with Gasteiger partial charge >= 0.3 is 0 Å². The van der Waals surface area contributed by atoms with Crippen molar-refractivity contribution >= 4 is 29.9 Å². The zero-order valence-electron chi connectivity index (χ0n) is 13.7. The Hall–Kier alpha value is -0.0800. The fraction of sp³-hybridized carbons (Fsp3) is 0.929. The van der Waals surface area contributed by atoms with E-state index < -0.39 is 0 Å². The Balaban J connectivity index is 0. The summed E-state index contributed by atoms with van der Waals surface area (Å²) < 4.78 is 5.05. The summed E-state index contributed by atoms with van der Waals surface area (Å²) >= 11 is 0. The predicted molar refractivity (Wildman–Crippen MR) is 98.2 cm³/mol. The van der Waals surface area contributed by atoms with E-state index in [1.807, 2.05) is 7.05 Å². The van der Waals surface area contributed by atoms with Crippen LogP contribution in [0.4, 0.5) is 0 Å². The maximum absolute atomic E-state index is 5.05. The van der Waals surface area contributed by atoms with Crippen LogP contribution in [-0.2, 0) is 4.74 Å². The predicted octanol–water partition coefficient (Wildman–Crippen LogP) is 1.78. The summed E-state index contributed by atoms with van der Waals surface area (Å²) in [7, 11) is 5.67. The maximum Gasteiger partial charge on any atom is 0.190 e. The molecule has 0 saturated heterocycles. The average molecular weight is 400 g/mol. The molecular formula is C14H33IN4O. The summed E-state index contributed by atoms with van der Waals surface area (Å²) in [6.45, 7) is 9.23. The molecule has 0 saturated carbocycles. The lowest BCUT2D eigenvalue weighted by Gasteiger charge is -2.17. The van der Waals surface area contributed by atoms with E-state index in [0.29, 0.717) is 0 Å². The van der Waals surface area contributed by atoms with Gasteiger partial charge in [-0.05, 0) is 32.4 Å². The molecule has 0 heterocycles. The molecule has 2 N–H and O–H groups in total. The number of methoxy groups -OCH3 is 1. The Morgan fingerprint density at radius 2 is 1.85 bits per heavy atom. The lowest BCUT2D eigenvalue weighted by molar-refractivity contribution is 0.161. The minimum absolute atomic E-state index is 0. The van der Waals surface area contributed by atoms with E-state index >= 15 is 0 Å². The molecule has 0 radical (unpaired) electrons. The van der Waals surface area contributed by atoms with E-state index in [-0.39, 0.29) is 24.0 Å². The molecule has 0 bridgehead atoms. The highest BCUT2D eigenvalue weighted by Gasteiger charge is 2.00. The number of ether oxygens (including phenoxy) is 1. The van der Waals surface area contributed by atoms with Crippen LogP contribution in [0.2, 0.25) is 0 Å². The van der Waals surface area contributed by atoms with Crippen molar-refractivity contribution in [3.8, 4) is 0 Å². The molecule has 0 aromatic heterocycles. The molecule has 0 amide bonds. The molecule has 0 aromatic rings. The van der Waals surface area contributed by atoms with Gasteiger partial charge in [0.1, 0.15) is 0 Å². The highest BCUT2D eigenvalue weighted by atomic mass is 127. The molecule has 20 heavy (non-hydrogen) atoms. The molecule has 6 heteroatoms. The molecular weight excluding hydrogens is 367 g/mol. The number of hydrogen-bond acceptors (Lipinski definition) is 3. The molecule has 0 spiro atoms. The number of nitrogens with one attached hydrogen (secondary N) is 2. The summed E-state index contributed by atoms with van der Waals surface area (Å²) in [5, 5.41) is 6.66. The largest absolute Gasteiger partial charge is 0.383 e. The van der Waals surface area contributed by atoms with Gasteiger partial charge in [-0.25, -0.2) is 0 Å². The van der Waals surface area contributed by atoms with Gasteiger partial charge in [0, 0.05) is 33.8 Å². The first-order chi connectivity index (χ1) is 9.10.